The lowest BCUT2D eigenvalue weighted by Crippen LogP contribution is -2.29. The zero-order valence-electron chi connectivity index (χ0n) is 16.7. The summed E-state index contributed by atoms with van der Waals surface area (Å²) in [5.41, 5.74) is 3.61. The lowest BCUT2D eigenvalue weighted by molar-refractivity contribution is 0.658. The molecule has 29 heavy (non-hydrogen) atoms. The first-order valence-electron chi connectivity index (χ1n) is 9.71. The average molecular weight is 424 g/mol. The van der Waals surface area contributed by atoms with Crippen molar-refractivity contribution in [1.29, 1.82) is 0 Å². The number of fused-ring (bicyclic) bond motifs is 2. The van der Waals surface area contributed by atoms with Gasteiger partial charge in [0.2, 0.25) is 0 Å². The number of anilines is 2. The Labute approximate surface area is 177 Å². The maximum Gasteiger partial charge on any atom is 0.137 e. The van der Waals surface area contributed by atoms with E-state index in [0.717, 1.165) is 23.4 Å². The number of para-hydroxylation sites is 2. The Hall–Kier alpha value is -2.28. The SMILES string of the molecule is CN=S(=O)(NCCCN1c2ccccc2Sc2ccccc21)c1ccc(C)cc1. The minimum atomic E-state index is -2.59. The summed E-state index contributed by atoms with van der Waals surface area (Å²) in [6, 6.07) is 24.7. The van der Waals surface area contributed by atoms with E-state index in [0.29, 0.717) is 6.54 Å². The first-order valence-corrected chi connectivity index (χ1v) is 12.0. The largest absolute Gasteiger partial charge is 0.340 e. The molecule has 0 radical (unpaired) electrons. The third-order valence-corrected chi connectivity index (χ3v) is 8.14. The van der Waals surface area contributed by atoms with Gasteiger partial charge >= 0.3 is 0 Å². The number of hydrogen-bond acceptors (Lipinski definition) is 4. The summed E-state index contributed by atoms with van der Waals surface area (Å²) in [7, 11) is -0.979. The van der Waals surface area contributed by atoms with Crippen LogP contribution in [0.25, 0.3) is 0 Å². The summed E-state index contributed by atoms with van der Waals surface area (Å²) in [6.45, 7) is 3.49. The van der Waals surface area contributed by atoms with Crippen LogP contribution in [-0.4, -0.2) is 24.3 Å². The molecule has 0 saturated heterocycles. The van der Waals surface area contributed by atoms with Crippen LogP contribution in [0, 0.1) is 6.92 Å². The molecule has 1 aliphatic rings. The highest BCUT2D eigenvalue weighted by atomic mass is 32.2. The van der Waals surface area contributed by atoms with Crippen LogP contribution in [0.4, 0.5) is 11.4 Å². The predicted molar refractivity (Wildman–Crippen MR) is 123 cm³/mol. The van der Waals surface area contributed by atoms with Crippen molar-refractivity contribution in [2.75, 3.05) is 25.0 Å². The van der Waals surface area contributed by atoms with Gasteiger partial charge in [-0.05, 0) is 49.7 Å². The monoisotopic (exact) mass is 423 g/mol. The van der Waals surface area contributed by atoms with Gasteiger partial charge in [0.15, 0.2) is 0 Å². The van der Waals surface area contributed by atoms with E-state index in [4.69, 9.17) is 0 Å². The molecule has 4 nitrogen and oxygen atoms in total. The van der Waals surface area contributed by atoms with Gasteiger partial charge < -0.3 is 4.90 Å². The van der Waals surface area contributed by atoms with Crippen LogP contribution in [0.15, 0.2) is 91.8 Å². The zero-order chi connectivity index (χ0) is 20.3. The number of rotatable bonds is 6. The minimum absolute atomic E-state index is 0.623. The van der Waals surface area contributed by atoms with Crippen molar-refractivity contribution in [2.24, 2.45) is 4.36 Å². The van der Waals surface area contributed by atoms with Gasteiger partial charge in [-0.25, -0.2) is 13.3 Å². The van der Waals surface area contributed by atoms with Crippen LogP contribution in [0.2, 0.25) is 0 Å². The highest BCUT2D eigenvalue weighted by Gasteiger charge is 2.22. The van der Waals surface area contributed by atoms with Crippen LogP contribution in [0.5, 0.6) is 0 Å². The van der Waals surface area contributed by atoms with Gasteiger partial charge in [0.25, 0.3) is 0 Å². The maximum absolute atomic E-state index is 13.2. The van der Waals surface area contributed by atoms with E-state index in [1.807, 2.05) is 43.0 Å². The second kappa shape index (κ2) is 8.61. The van der Waals surface area contributed by atoms with Gasteiger partial charge in [0.1, 0.15) is 9.92 Å². The Bertz CT molecular complexity index is 1070. The van der Waals surface area contributed by atoms with Gasteiger partial charge in [-0.15, -0.1) is 0 Å². The van der Waals surface area contributed by atoms with Gasteiger partial charge in [-0.2, -0.15) is 0 Å². The molecule has 1 heterocycles. The van der Waals surface area contributed by atoms with Crippen LogP contribution in [0.1, 0.15) is 12.0 Å². The molecule has 0 bridgehead atoms. The topological polar surface area (TPSA) is 44.7 Å². The van der Waals surface area contributed by atoms with Crippen molar-refractivity contribution >= 4 is 33.1 Å². The van der Waals surface area contributed by atoms with E-state index >= 15 is 0 Å². The van der Waals surface area contributed by atoms with Crippen LogP contribution in [0.3, 0.4) is 0 Å². The molecule has 1 N–H and O–H groups in total. The summed E-state index contributed by atoms with van der Waals surface area (Å²) in [5, 5.41) is 0. The summed E-state index contributed by atoms with van der Waals surface area (Å²) < 4.78 is 20.6. The molecular formula is C23H25N3OS2. The summed E-state index contributed by atoms with van der Waals surface area (Å²) >= 11 is 1.81. The average Bonchev–Trinajstić information content (AvgIpc) is 2.76. The fourth-order valence-corrected chi connectivity index (χ4v) is 5.97. The molecule has 0 amide bonds. The molecule has 1 atom stereocenters. The summed E-state index contributed by atoms with van der Waals surface area (Å²) in [5.74, 6) is 0. The van der Waals surface area contributed by atoms with E-state index in [1.165, 1.54) is 21.2 Å². The molecule has 6 heteroatoms. The van der Waals surface area contributed by atoms with Gasteiger partial charge in [-0.3, -0.25) is 0 Å². The van der Waals surface area contributed by atoms with E-state index < -0.39 is 9.92 Å². The Kier molecular flexibility index (Phi) is 5.94. The Morgan fingerprint density at radius 2 is 1.52 bits per heavy atom. The van der Waals surface area contributed by atoms with Crippen molar-refractivity contribution in [3.63, 3.8) is 0 Å². The standard InChI is InChI=1S/C23H25N3OS2/c1-18-12-14-19(15-13-18)29(27,24-2)25-16-7-17-26-20-8-3-5-10-22(20)28-23-11-6-4-9-21(23)26/h3-6,8-15H,7,16-17H2,1-2H3,(H,24,25,27). The molecule has 4 rings (SSSR count). The first kappa shape index (κ1) is 20.0. The maximum atomic E-state index is 13.2. The first-order chi connectivity index (χ1) is 14.1. The van der Waals surface area contributed by atoms with E-state index in [-0.39, 0.29) is 0 Å². The van der Waals surface area contributed by atoms with E-state index in [2.05, 4.69) is 62.5 Å². The number of hydrogen-bond donors (Lipinski definition) is 1. The smallest absolute Gasteiger partial charge is 0.137 e. The Morgan fingerprint density at radius 3 is 2.10 bits per heavy atom. The van der Waals surface area contributed by atoms with Crippen LogP contribution in [-0.2, 0) is 9.92 Å². The van der Waals surface area contributed by atoms with Crippen molar-refractivity contribution in [1.82, 2.24) is 4.72 Å². The van der Waals surface area contributed by atoms with E-state index in [9.17, 15) is 4.21 Å². The molecule has 0 saturated carbocycles. The molecule has 1 aliphatic heterocycles. The van der Waals surface area contributed by atoms with Crippen molar-refractivity contribution < 1.29 is 4.21 Å². The predicted octanol–water partition coefficient (Wildman–Crippen LogP) is 5.65. The molecule has 3 aromatic rings. The van der Waals surface area contributed by atoms with Crippen LogP contribution < -0.4 is 9.62 Å². The summed E-state index contributed by atoms with van der Waals surface area (Å²) in [6.07, 6.45) is 0.853. The molecule has 0 aliphatic carbocycles. The number of nitrogens with zero attached hydrogens (tertiary/aromatic N) is 2. The Balaban J connectivity index is 1.47. The highest BCUT2D eigenvalue weighted by molar-refractivity contribution is 7.99. The second-order valence-corrected chi connectivity index (χ2v) is 10.2. The normalized spacial score (nSPS) is 14.6. The molecule has 3 aromatic carbocycles. The number of nitrogens with one attached hydrogen (secondary N) is 1. The second-order valence-electron chi connectivity index (χ2n) is 6.96. The summed E-state index contributed by atoms with van der Waals surface area (Å²) in [4.78, 5) is 5.63. The third kappa shape index (κ3) is 4.20. The van der Waals surface area contributed by atoms with Crippen LogP contribution >= 0.6 is 11.8 Å². The van der Waals surface area contributed by atoms with Gasteiger partial charge in [-0.1, -0.05) is 53.7 Å². The quantitative estimate of drug-likeness (QED) is 0.521. The van der Waals surface area contributed by atoms with Gasteiger partial charge in [0, 0.05) is 29.9 Å². The van der Waals surface area contributed by atoms with Crippen molar-refractivity contribution in [2.45, 2.75) is 28.0 Å². The number of aryl methyl sites for hydroxylation is 1. The Morgan fingerprint density at radius 1 is 0.931 bits per heavy atom. The molecular weight excluding hydrogens is 398 g/mol. The van der Waals surface area contributed by atoms with E-state index in [1.54, 1.807) is 7.05 Å². The lowest BCUT2D eigenvalue weighted by Gasteiger charge is -2.32. The van der Waals surface area contributed by atoms with Crippen molar-refractivity contribution in [3.05, 3.63) is 78.4 Å². The minimum Gasteiger partial charge on any atom is -0.340 e. The molecule has 1 unspecified atom stereocenters. The van der Waals surface area contributed by atoms with Crippen molar-refractivity contribution in [3.8, 4) is 0 Å². The zero-order valence-corrected chi connectivity index (χ0v) is 18.3. The molecule has 0 spiro atoms. The molecule has 150 valence electrons. The highest BCUT2D eigenvalue weighted by Crippen LogP contribution is 2.47. The third-order valence-electron chi connectivity index (χ3n) is 4.99. The van der Waals surface area contributed by atoms with Gasteiger partial charge in [0.05, 0.1) is 16.3 Å². The fraction of sp³-hybridized carbons (Fsp3) is 0.217. The fourth-order valence-electron chi connectivity index (χ4n) is 3.45. The molecule has 0 aromatic heterocycles. The lowest BCUT2D eigenvalue weighted by atomic mass is 10.2. The molecule has 0 fully saturated rings. The number of benzene rings is 3.